The van der Waals surface area contributed by atoms with Gasteiger partial charge in [-0.25, -0.2) is 0 Å². The molecule has 1 fully saturated rings. The van der Waals surface area contributed by atoms with Crippen molar-refractivity contribution in [2.45, 2.75) is 38.9 Å². The summed E-state index contributed by atoms with van der Waals surface area (Å²) < 4.78 is 0.321. The largest absolute Gasteiger partial charge is 0.301 e. The highest BCUT2D eigenvalue weighted by Gasteiger charge is 2.26. The third-order valence-corrected chi connectivity index (χ3v) is 5.00. The number of aryl methyl sites for hydroxylation is 2. The van der Waals surface area contributed by atoms with E-state index in [2.05, 4.69) is 24.8 Å². The molecule has 0 atom stereocenters. The van der Waals surface area contributed by atoms with Crippen LogP contribution in [0, 0.1) is 13.8 Å². The quantitative estimate of drug-likeness (QED) is 0.789. The van der Waals surface area contributed by atoms with Crippen molar-refractivity contribution in [3.8, 4) is 0 Å². The first-order valence-corrected chi connectivity index (χ1v) is 8.32. The molecule has 1 aromatic carbocycles. The van der Waals surface area contributed by atoms with Crippen molar-refractivity contribution >= 4 is 17.5 Å². The van der Waals surface area contributed by atoms with E-state index in [-0.39, 0.29) is 5.78 Å². The highest BCUT2D eigenvalue weighted by atomic mass is 32.2. The standard InChI is InChI=1S/C17H25NOS/c1-13-9-14(2)11-15(10-13)16(19)5-6-18-7-8-20-17(3,4)12-18/h9-11H,5-8,12H2,1-4H3. The van der Waals surface area contributed by atoms with Crippen molar-refractivity contribution in [2.24, 2.45) is 0 Å². The fraction of sp³-hybridized carbons (Fsp3) is 0.588. The Morgan fingerprint density at radius 2 is 1.90 bits per heavy atom. The van der Waals surface area contributed by atoms with Crippen LogP contribution in [0.1, 0.15) is 41.8 Å². The molecule has 0 radical (unpaired) electrons. The molecule has 0 amide bonds. The molecule has 1 heterocycles. The summed E-state index contributed by atoms with van der Waals surface area (Å²) in [5.74, 6) is 1.44. The summed E-state index contributed by atoms with van der Waals surface area (Å²) in [6.07, 6.45) is 0.629. The Kier molecular flexibility index (Phi) is 4.92. The molecule has 20 heavy (non-hydrogen) atoms. The van der Waals surface area contributed by atoms with Crippen molar-refractivity contribution in [2.75, 3.05) is 25.4 Å². The molecule has 0 unspecified atom stereocenters. The summed E-state index contributed by atoms with van der Waals surface area (Å²) in [4.78, 5) is 14.7. The van der Waals surface area contributed by atoms with Crippen LogP contribution < -0.4 is 0 Å². The van der Waals surface area contributed by atoms with E-state index in [1.54, 1.807) is 0 Å². The summed E-state index contributed by atoms with van der Waals surface area (Å²) in [7, 11) is 0. The van der Waals surface area contributed by atoms with Gasteiger partial charge in [-0.1, -0.05) is 17.2 Å². The van der Waals surface area contributed by atoms with Gasteiger partial charge in [0.05, 0.1) is 0 Å². The first-order valence-electron chi connectivity index (χ1n) is 7.33. The van der Waals surface area contributed by atoms with Crippen molar-refractivity contribution in [1.82, 2.24) is 4.90 Å². The number of rotatable bonds is 4. The van der Waals surface area contributed by atoms with Crippen LogP contribution in [0.5, 0.6) is 0 Å². The van der Waals surface area contributed by atoms with Crippen LogP contribution in [-0.2, 0) is 0 Å². The SMILES string of the molecule is Cc1cc(C)cc(C(=O)CCN2CCSC(C)(C)C2)c1. The summed E-state index contributed by atoms with van der Waals surface area (Å²) in [6.45, 7) is 11.7. The van der Waals surface area contributed by atoms with Gasteiger partial charge in [0.25, 0.3) is 0 Å². The lowest BCUT2D eigenvalue weighted by Crippen LogP contribution is -2.43. The van der Waals surface area contributed by atoms with Gasteiger partial charge in [-0.3, -0.25) is 4.79 Å². The van der Waals surface area contributed by atoms with E-state index >= 15 is 0 Å². The Morgan fingerprint density at radius 1 is 1.25 bits per heavy atom. The number of ketones is 1. The van der Waals surface area contributed by atoms with E-state index < -0.39 is 0 Å². The number of benzene rings is 1. The third-order valence-electron chi connectivity index (χ3n) is 3.70. The van der Waals surface area contributed by atoms with Gasteiger partial charge in [-0.15, -0.1) is 0 Å². The molecular formula is C17H25NOS. The fourth-order valence-electron chi connectivity index (χ4n) is 2.84. The zero-order valence-corrected chi connectivity index (χ0v) is 13.8. The maximum absolute atomic E-state index is 12.3. The monoisotopic (exact) mass is 291 g/mol. The van der Waals surface area contributed by atoms with Gasteiger partial charge in [-0.2, -0.15) is 11.8 Å². The Hall–Kier alpha value is -0.800. The first kappa shape index (κ1) is 15.6. The van der Waals surface area contributed by atoms with Gasteiger partial charge in [-0.05, 0) is 39.8 Å². The summed E-state index contributed by atoms with van der Waals surface area (Å²) in [6, 6.07) is 6.12. The lowest BCUT2D eigenvalue weighted by Gasteiger charge is -2.37. The number of carbonyl (C=O) groups is 1. The molecule has 1 aliphatic rings. The van der Waals surface area contributed by atoms with E-state index in [1.807, 2.05) is 37.7 Å². The van der Waals surface area contributed by atoms with Gasteiger partial charge < -0.3 is 4.90 Å². The molecule has 0 saturated carbocycles. The Morgan fingerprint density at radius 3 is 2.50 bits per heavy atom. The number of carbonyl (C=O) groups excluding carboxylic acids is 1. The molecule has 0 aromatic heterocycles. The van der Waals surface area contributed by atoms with E-state index in [1.165, 1.54) is 16.9 Å². The van der Waals surface area contributed by atoms with Crippen LogP contribution in [0.25, 0.3) is 0 Å². The van der Waals surface area contributed by atoms with Gasteiger partial charge in [0.15, 0.2) is 5.78 Å². The molecule has 2 nitrogen and oxygen atoms in total. The number of Topliss-reactive ketones (excluding diaryl/α,β-unsaturated/α-hetero) is 1. The van der Waals surface area contributed by atoms with E-state index in [0.717, 1.165) is 25.2 Å². The molecule has 1 saturated heterocycles. The van der Waals surface area contributed by atoms with E-state index in [4.69, 9.17) is 0 Å². The highest BCUT2D eigenvalue weighted by molar-refractivity contribution is 8.00. The smallest absolute Gasteiger partial charge is 0.164 e. The normalized spacial score (nSPS) is 19.0. The second-order valence-corrected chi connectivity index (χ2v) is 8.24. The molecule has 0 bridgehead atoms. The number of nitrogens with zero attached hydrogens (tertiary/aromatic N) is 1. The zero-order valence-electron chi connectivity index (χ0n) is 13.0. The summed E-state index contributed by atoms with van der Waals surface area (Å²) in [5.41, 5.74) is 3.21. The molecule has 0 spiro atoms. The second-order valence-electron chi connectivity index (χ2n) is 6.43. The number of hydrogen-bond acceptors (Lipinski definition) is 3. The minimum Gasteiger partial charge on any atom is -0.301 e. The number of thioether (sulfide) groups is 1. The van der Waals surface area contributed by atoms with Crippen LogP contribution in [-0.4, -0.2) is 40.8 Å². The van der Waals surface area contributed by atoms with Crippen molar-refractivity contribution in [1.29, 1.82) is 0 Å². The number of hydrogen-bond donors (Lipinski definition) is 0. The molecule has 110 valence electrons. The predicted molar refractivity (Wildman–Crippen MR) is 87.8 cm³/mol. The lowest BCUT2D eigenvalue weighted by atomic mass is 10.0. The van der Waals surface area contributed by atoms with Gasteiger partial charge in [0, 0.05) is 42.1 Å². The molecule has 1 aromatic rings. The third kappa shape index (κ3) is 4.35. The Balaban J connectivity index is 1.92. The van der Waals surface area contributed by atoms with Crippen LogP contribution in [0.3, 0.4) is 0 Å². The van der Waals surface area contributed by atoms with Crippen molar-refractivity contribution in [3.05, 3.63) is 34.9 Å². The molecule has 0 aliphatic carbocycles. The predicted octanol–water partition coefficient (Wildman–Crippen LogP) is 3.70. The molecule has 2 rings (SSSR count). The molecule has 3 heteroatoms. The maximum Gasteiger partial charge on any atom is 0.164 e. The topological polar surface area (TPSA) is 20.3 Å². The highest BCUT2D eigenvalue weighted by Crippen LogP contribution is 2.29. The maximum atomic E-state index is 12.3. The first-order chi connectivity index (χ1) is 9.35. The van der Waals surface area contributed by atoms with Crippen LogP contribution in [0.4, 0.5) is 0 Å². The van der Waals surface area contributed by atoms with Crippen LogP contribution in [0.15, 0.2) is 18.2 Å². The second kappa shape index (κ2) is 6.31. The average Bonchev–Trinajstić information content (AvgIpc) is 2.33. The Labute approximate surface area is 126 Å². The molecule has 0 N–H and O–H groups in total. The zero-order chi connectivity index (χ0) is 14.8. The minimum absolute atomic E-state index is 0.271. The van der Waals surface area contributed by atoms with Crippen LogP contribution in [0.2, 0.25) is 0 Å². The van der Waals surface area contributed by atoms with Gasteiger partial charge in [0.2, 0.25) is 0 Å². The Bertz CT molecular complexity index is 476. The fourth-order valence-corrected chi connectivity index (χ4v) is 4.02. The summed E-state index contributed by atoms with van der Waals surface area (Å²) >= 11 is 2.03. The van der Waals surface area contributed by atoms with Crippen molar-refractivity contribution in [3.63, 3.8) is 0 Å². The lowest BCUT2D eigenvalue weighted by molar-refractivity contribution is 0.0962. The minimum atomic E-state index is 0.271. The average molecular weight is 291 g/mol. The van der Waals surface area contributed by atoms with Crippen LogP contribution >= 0.6 is 11.8 Å². The molecular weight excluding hydrogens is 266 g/mol. The summed E-state index contributed by atoms with van der Waals surface area (Å²) in [5, 5.41) is 0. The van der Waals surface area contributed by atoms with Gasteiger partial charge >= 0.3 is 0 Å². The van der Waals surface area contributed by atoms with Gasteiger partial charge in [0.1, 0.15) is 0 Å². The van der Waals surface area contributed by atoms with E-state index in [0.29, 0.717) is 11.2 Å². The van der Waals surface area contributed by atoms with E-state index in [9.17, 15) is 4.79 Å². The van der Waals surface area contributed by atoms with Crippen molar-refractivity contribution < 1.29 is 4.79 Å². The molecule has 1 aliphatic heterocycles.